The van der Waals surface area contributed by atoms with Crippen molar-refractivity contribution in [2.24, 2.45) is 0 Å². The van der Waals surface area contributed by atoms with Gasteiger partial charge in [0, 0.05) is 38.3 Å². The first-order valence-electron chi connectivity index (χ1n) is 9.19. The van der Waals surface area contributed by atoms with Gasteiger partial charge in [0.15, 0.2) is 0 Å². The number of nitrogens with one attached hydrogen (secondary N) is 1. The molecule has 2 amide bonds. The van der Waals surface area contributed by atoms with Gasteiger partial charge in [0.05, 0.1) is 6.54 Å². The van der Waals surface area contributed by atoms with Crippen molar-refractivity contribution in [1.82, 2.24) is 9.80 Å². The topological polar surface area (TPSA) is 52.7 Å². The first-order chi connectivity index (χ1) is 13.1. The highest BCUT2D eigenvalue weighted by Crippen LogP contribution is 2.10. The average Bonchev–Trinajstić information content (AvgIpc) is 2.68. The third kappa shape index (κ3) is 5.89. The molecule has 0 aliphatic carbocycles. The van der Waals surface area contributed by atoms with Crippen LogP contribution < -0.4 is 5.32 Å². The van der Waals surface area contributed by atoms with E-state index < -0.39 is 0 Å². The Morgan fingerprint density at radius 1 is 0.926 bits per heavy atom. The molecule has 1 heterocycles. The molecule has 0 radical (unpaired) electrons. The van der Waals surface area contributed by atoms with Crippen LogP contribution in [0.15, 0.2) is 54.6 Å². The molecule has 6 heteroatoms. The molecule has 2 aromatic rings. The van der Waals surface area contributed by atoms with Gasteiger partial charge in [0.2, 0.25) is 11.8 Å². The molecule has 2 aromatic carbocycles. The number of piperazine rings is 1. The lowest BCUT2D eigenvalue weighted by Crippen LogP contribution is -2.50. The van der Waals surface area contributed by atoms with E-state index >= 15 is 0 Å². The van der Waals surface area contributed by atoms with Gasteiger partial charge in [-0.2, -0.15) is 0 Å². The summed E-state index contributed by atoms with van der Waals surface area (Å²) in [5, 5.41) is 2.88. The maximum atomic E-state index is 12.9. The fourth-order valence-electron chi connectivity index (χ4n) is 3.14. The van der Waals surface area contributed by atoms with Crippen LogP contribution >= 0.6 is 0 Å². The molecule has 3 rings (SSSR count). The van der Waals surface area contributed by atoms with E-state index in [0.717, 1.165) is 11.3 Å². The Morgan fingerprint density at radius 2 is 1.59 bits per heavy atom. The van der Waals surface area contributed by atoms with E-state index in [2.05, 4.69) is 10.2 Å². The van der Waals surface area contributed by atoms with Crippen LogP contribution in [0.3, 0.4) is 0 Å². The third-order valence-corrected chi connectivity index (χ3v) is 4.69. The lowest BCUT2D eigenvalue weighted by atomic mass is 10.1. The van der Waals surface area contributed by atoms with E-state index in [-0.39, 0.29) is 17.6 Å². The first-order valence-corrected chi connectivity index (χ1v) is 9.19. The molecule has 0 bridgehead atoms. The number of hydrogen-bond acceptors (Lipinski definition) is 3. The van der Waals surface area contributed by atoms with Crippen molar-refractivity contribution in [1.29, 1.82) is 0 Å². The smallest absolute Gasteiger partial charge is 0.238 e. The molecule has 1 aliphatic rings. The molecule has 1 fully saturated rings. The fraction of sp³-hybridized carbons (Fsp3) is 0.333. The first kappa shape index (κ1) is 19.0. The van der Waals surface area contributed by atoms with Gasteiger partial charge < -0.3 is 10.2 Å². The predicted molar refractivity (Wildman–Crippen MR) is 103 cm³/mol. The summed E-state index contributed by atoms with van der Waals surface area (Å²) in [5.41, 5.74) is 1.75. The number of anilines is 1. The minimum absolute atomic E-state index is 0.0442. The Bertz CT molecular complexity index is 757. The summed E-state index contributed by atoms with van der Waals surface area (Å²) in [7, 11) is 0. The summed E-state index contributed by atoms with van der Waals surface area (Å²) < 4.78 is 12.9. The second-order valence-corrected chi connectivity index (χ2v) is 6.70. The Labute approximate surface area is 158 Å². The zero-order chi connectivity index (χ0) is 19.1. The van der Waals surface area contributed by atoms with Gasteiger partial charge in [-0.15, -0.1) is 0 Å². The summed E-state index contributed by atoms with van der Waals surface area (Å²) >= 11 is 0. The molecule has 1 aliphatic heterocycles. The second kappa shape index (κ2) is 9.28. The van der Waals surface area contributed by atoms with E-state index in [4.69, 9.17) is 0 Å². The number of aryl methyl sites for hydroxylation is 1. The standard InChI is InChI=1S/C21H24FN3O2/c22-18-9-6-17(7-10-18)8-11-21(27)25-14-12-24(13-15-25)16-20(26)23-19-4-2-1-3-5-19/h1-7,9-10H,8,11-16H2,(H,23,26). The molecule has 0 unspecified atom stereocenters. The Morgan fingerprint density at radius 3 is 2.26 bits per heavy atom. The molecule has 1 saturated heterocycles. The number of para-hydroxylation sites is 1. The quantitative estimate of drug-likeness (QED) is 0.851. The number of halogens is 1. The van der Waals surface area contributed by atoms with Crippen molar-refractivity contribution >= 4 is 17.5 Å². The highest BCUT2D eigenvalue weighted by atomic mass is 19.1. The van der Waals surface area contributed by atoms with Crippen molar-refractivity contribution in [3.63, 3.8) is 0 Å². The van der Waals surface area contributed by atoms with E-state index in [1.807, 2.05) is 35.2 Å². The molecular weight excluding hydrogens is 345 g/mol. The van der Waals surface area contributed by atoms with Crippen LogP contribution in [0.5, 0.6) is 0 Å². The predicted octanol–water partition coefficient (Wildman–Crippen LogP) is 2.54. The molecule has 0 aromatic heterocycles. The highest BCUT2D eigenvalue weighted by Gasteiger charge is 2.22. The van der Waals surface area contributed by atoms with Gasteiger partial charge in [0.25, 0.3) is 0 Å². The molecule has 5 nitrogen and oxygen atoms in total. The minimum atomic E-state index is -0.266. The number of carbonyl (C=O) groups is 2. The largest absolute Gasteiger partial charge is 0.340 e. The third-order valence-electron chi connectivity index (χ3n) is 4.69. The monoisotopic (exact) mass is 369 g/mol. The Kier molecular flexibility index (Phi) is 6.54. The molecule has 0 atom stereocenters. The summed E-state index contributed by atoms with van der Waals surface area (Å²) in [4.78, 5) is 28.4. The van der Waals surface area contributed by atoms with Gasteiger partial charge in [0.1, 0.15) is 5.82 Å². The van der Waals surface area contributed by atoms with Gasteiger partial charge in [-0.3, -0.25) is 14.5 Å². The molecule has 0 spiro atoms. The number of benzene rings is 2. The zero-order valence-corrected chi connectivity index (χ0v) is 15.2. The number of amides is 2. The molecule has 142 valence electrons. The lowest BCUT2D eigenvalue weighted by molar-refractivity contribution is -0.133. The van der Waals surface area contributed by atoms with Crippen molar-refractivity contribution < 1.29 is 14.0 Å². The Balaban J connectivity index is 1.38. The average molecular weight is 369 g/mol. The highest BCUT2D eigenvalue weighted by molar-refractivity contribution is 5.92. The number of carbonyl (C=O) groups excluding carboxylic acids is 2. The van der Waals surface area contributed by atoms with Crippen LogP contribution in [0, 0.1) is 5.82 Å². The number of nitrogens with zero attached hydrogens (tertiary/aromatic N) is 2. The molecule has 1 N–H and O–H groups in total. The molecule has 0 saturated carbocycles. The van der Waals surface area contributed by atoms with E-state index in [1.54, 1.807) is 12.1 Å². The van der Waals surface area contributed by atoms with Crippen molar-refractivity contribution in [2.75, 3.05) is 38.0 Å². The van der Waals surface area contributed by atoms with Crippen molar-refractivity contribution in [3.05, 3.63) is 66.0 Å². The van der Waals surface area contributed by atoms with Gasteiger partial charge in [-0.05, 0) is 36.2 Å². The van der Waals surface area contributed by atoms with Gasteiger partial charge >= 0.3 is 0 Å². The number of rotatable bonds is 6. The number of hydrogen-bond donors (Lipinski definition) is 1. The zero-order valence-electron chi connectivity index (χ0n) is 15.2. The van der Waals surface area contributed by atoms with Crippen LogP contribution in [0.4, 0.5) is 10.1 Å². The van der Waals surface area contributed by atoms with Crippen LogP contribution in [0.2, 0.25) is 0 Å². The van der Waals surface area contributed by atoms with E-state index in [0.29, 0.717) is 45.6 Å². The van der Waals surface area contributed by atoms with E-state index in [1.165, 1.54) is 12.1 Å². The SMILES string of the molecule is O=C(CN1CCN(C(=O)CCc2ccc(F)cc2)CC1)Nc1ccccc1. The minimum Gasteiger partial charge on any atom is -0.340 e. The normalized spacial score (nSPS) is 14.8. The van der Waals surface area contributed by atoms with Gasteiger partial charge in [-0.1, -0.05) is 30.3 Å². The van der Waals surface area contributed by atoms with Crippen molar-refractivity contribution in [3.8, 4) is 0 Å². The van der Waals surface area contributed by atoms with Crippen LogP contribution in [0.25, 0.3) is 0 Å². The van der Waals surface area contributed by atoms with Crippen LogP contribution in [-0.2, 0) is 16.0 Å². The van der Waals surface area contributed by atoms with Crippen LogP contribution in [0.1, 0.15) is 12.0 Å². The summed E-state index contributed by atoms with van der Waals surface area (Å²) in [6, 6.07) is 15.6. The van der Waals surface area contributed by atoms with Gasteiger partial charge in [-0.25, -0.2) is 4.39 Å². The van der Waals surface area contributed by atoms with E-state index in [9.17, 15) is 14.0 Å². The molecular formula is C21H24FN3O2. The summed E-state index contributed by atoms with van der Waals surface area (Å²) in [6.07, 6.45) is 1.03. The van der Waals surface area contributed by atoms with Crippen molar-refractivity contribution in [2.45, 2.75) is 12.8 Å². The maximum Gasteiger partial charge on any atom is 0.238 e. The summed E-state index contributed by atoms with van der Waals surface area (Å²) in [5.74, 6) is -0.206. The second-order valence-electron chi connectivity index (χ2n) is 6.70. The maximum absolute atomic E-state index is 12.9. The fourth-order valence-corrected chi connectivity index (χ4v) is 3.14. The van der Waals surface area contributed by atoms with Crippen LogP contribution in [-0.4, -0.2) is 54.3 Å². The lowest BCUT2D eigenvalue weighted by Gasteiger charge is -2.34. The molecule has 27 heavy (non-hydrogen) atoms. The summed E-state index contributed by atoms with van der Waals surface area (Å²) in [6.45, 7) is 2.95. The Hall–Kier alpha value is -2.73.